The van der Waals surface area contributed by atoms with E-state index in [1.807, 2.05) is 24.3 Å². The first-order valence-corrected chi connectivity index (χ1v) is 9.21. The van der Waals surface area contributed by atoms with Crippen molar-refractivity contribution in [2.75, 3.05) is 0 Å². The van der Waals surface area contributed by atoms with E-state index < -0.39 is 0 Å². The van der Waals surface area contributed by atoms with Crippen molar-refractivity contribution in [2.24, 2.45) is 5.92 Å². The molecular formula is C24H26O2. The topological polar surface area (TPSA) is 40.5 Å². The summed E-state index contributed by atoms with van der Waals surface area (Å²) in [7, 11) is 0. The highest BCUT2D eigenvalue weighted by molar-refractivity contribution is 5.64. The second kappa shape index (κ2) is 8.09. The average molecular weight is 346 g/mol. The number of phenols is 2. The third-order valence-corrected chi connectivity index (χ3v) is 4.84. The lowest BCUT2D eigenvalue weighted by molar-refractivity contribution is 0.474. The van der Waals surface area contributed by atoms with Gasteiger partial charge in [-0.05, 0) is 58.9 Å². The quantitative estimate of drug-likeness (QED) is 0.547. The van der Waals surface area contributed by atoms with Crippen molar-refractivity contribution in [1.82, 2.24) is 0 Å². The number of phenolic OH excluding ortho intramolecular Hbond substituents is 2. The molecular weight excluding hydrogens is 320 g/mol. The second-order valence-corrected chi connectivity index (χ2v) is 7.28. The molecule has 1 atom stereocenters. The summed E-state index contributed by atoms with van der Waals surface area (Å²) < 4.78 is 0. The average Bonchev–Trinajstić information content (AvgIpc) is 2.64. The van der Waals surface area contributed by atoms with Gasteiger partial charge in [0.15, 0.2) is 0 Å². The lowest BCUT2D eigenvalue weighted by atomic mass is 9.85. The van der Waals surface area contributed by atoms with Gasteiger partial charge < -0.3 is 10.2 Å². The molecule has 2 N–H and O–H groups in total. The molecule has 1 unspecified atom stereocenters. The second-order valence-electron chi connectivity index (χ2n) is 7.28. The minimum atomic E-state index is 0.284. The fraction of sp³-hybridized carbons (Fsp3) is 0.250. The Morgan fingerprint density at radius 1 is 0.577 bits per heavy atom. The van der Waals surface area contributed by atoms with Gasteiger partial charge in [-0.2, -0.15) is 0 Å². The summed E-state index contributed by atoms with van der Waals surface area (Å²) in [5, 5.41) is 19.0. The molecule has 0 saturated carbocycles. The standard InChI is InChI=1S/C24H26O2/c1-17(2)3-16-24(21-10-14-23(26)15-11-21)20-6-4-18(5-7-20)19-8-12-22(25)13-9-19/h4-15,17,24-26H,3,16H2,1-2H3. The van der Waals surface area contributed by atoms with Crippen LogP contribution in [0.5, 0.6) is 11.5 Å². The van der Waals surface area contributed by atoms with Crippen LogP contribution in [0.25, 0.3) is 11.1 Å². The Morgan fingerprint density at radius 3 is 1.42 bits per heavy atom. The number of rotatable bonds is 6. The molecule has 0 aromatic heterocycles. The van der Waals surface area contributed by atoms with E-state index in [-0.39, 0.29) is 5.75 Å². The Balaban J connectivity index is 1.88. The van der Waals surface area contributed by atoms with Gasteiger partial charge in [-0.15, -0.1) is 0 Å². The Kier molecular flexibility index (Phi) is 5.62. The van der Waals surface area contributed by atoms with Gasteiger partial charge in [0.1, 0.15) is 11.5 Å². The predicted octanol–water partition coefficient (Wildman–Crippen LogP) is 6.33. The van der Waals surface area contributed by atoms with Gasteiger partial charge in [-0.25, -0.2) is 0 Å². The van der Waals surface area contributed by atoms with Crippen LogP contribution in [0, 0.1) is 5.92 Å². The summed E-state index contributed by atoms with van der Waals surface area (Å²) in [6.45, 7) is 4.50. The summed E-state index contributed by atoms with van der Waals surface area (Å²) >= 11 is 0. The number of aromatic hydroxyl groups is 2. The Morgan fingerprint density at radius 2 is 0.962 bits per heavy atom. The molecule has 0 saturated heterocycles. The maximum Gasteiger partial charge on any atom is 0.115 e. The van der Waals surface area contributed by atoms with Crippen molar-refractivity contribution >= 4 is 0 Å². The zero-order valence-electron chi connectivity index (χ0n) is 15.4. The summed E-state index contributed by atoms with van der Waals surface area (Å²) in [5.41, 5.74) is 4.76. The molecule has 26 heavy (non-hydrogen) atoms. The summed E-state index contributed by atoms with van der Waals surface area (Å²) in [5.74, 6) is 1.57. The number of benzene rings is 3. The monoisotopic (exact) mass is 346 g/mol. The summed E-state index contributed by atoms with van der Waals surface area (Å²) in [6.07, 6.45) is 2.24. The van der Waals surface area contributed by atoms with Crippen molar-refractivity contribution < 1.29 is 10.2 Å². The van der Waals surface area contributed by atoms with Crippen LogP contribution in [-0.2, 0) is 0 Å². The maximum atomic E-state index is 9.59. The van der Waals surface area contributed by atoms with Crippen LogP contribution in [0.2, 0.25) is 0 Å². The number of hydrogen-bond acceptors (Lipinski definition) is 2. The first kappa shape index (κ1) is 18.1. The smallest absolute Gasteiger partial charge is 0.115 e. The highest BCUT2D eigenvalue weighted by atomic mass is 16.3. The van der Waals surface area contributed by atoms with Gasteiger partial charge in [-0.3, -0.25) is 0 Å². The first-order valence-electron chi connectivity index (χ1n) is 9.21. The van der Waals surface area contributed by atoms with Crippen LogP contribution in [0.1, 0.15) is 43.7 Å². The SMILES string of the molecule is CC(C)CCC(c1ccc(O)cc1)c1ccc(-c2ccc(O)cc2)cc1. The lowest BCUT2D eigenvalue weighted by Crippen LogP contribution is -2.03. The molecule has 0 radical (unpaired) electrons. The highest BCUT2D eigenvalue weighted by Gasteiger charge is 2.15. The zero-order valence-corrected chi connectivity index (χ0v) is 15.4. The third-order valence-electron chi connectivity index (χ3n) is 4.84. The molecule has 0 amide bonds. The van der Waals surface area contributed by atoms with E-state index in [9.17, 15) is 10.2 Å². The van der Waals surface area contributed by atoms with Gasteiger partial charge >= 0.3 is 0 Å². The van der Waals surface area contributed by atoms with E-state index in [1.165, 1.54) is 11.1 Å². The lowest BCUT2D eigenvalue weighted by Gasteiger charge is -2.20. The minimum Gasteiger partial charge on any atom is -0.508 e. The van der Waals surface area contributed by atoms with Crippen LogP contribution in [-0.4, -0.2) is 10.2 Å². The van der Waals surface area contributed by atoms with Crippen molar-refractivity contribution in [1.29, 1.82) is 0 Å². The van der Waals surface area contributed by atoms with Gasteiger partial charge in [0.25, 0.3) is 0 Å². The Bertz CT molecular complexity index is 816. The van der Waals surface area contributed by atoms with Crippen molar-refractivity contribution in [3.63, 3.8) is 0 Å². The summed E-state index contributed by atoms with van der Waals surface area (Å²) in [6, 6.07) is 23.5. The predicted molar refractivity (Wildman–Crippen MR) is 108 cm³/mol. The largest absolute Gasteiger partial charge is 0.508 e. The molecule has 0 bridgehead atoms. The van der Waals surface area contributed by atoms with Gasteiger partial charge in [-0.1, -0.05) is 68.8 Å². The molecule has 3 aromatic carbocycles. The van der Waals surface area contributed by atoms with E-state index in [0.29, 0.717) is 17.6 Å². The molecule has 134 valence electrons. The van der Waals surface area contributed by atoms with Crippen LogP contribution in [0.3, 0.4) is 0 Å². The Hall–Kier alpha value is -2.74. The van der Waals surface area contributed by atoms with E-state index in [4.69, 9.17) is 0 Å². The van der Waals surface area contributed by atoms with Crippen LogP contribution >= 0.6 is 0 Å². The molecule has 0 aliphatic rings. The summed E-state index contributed by atoms with van der Waals surface area (Å²) in [4.78, 5) is 0. The van der Waals surface area contributed by atoms with E-state index in [0.717, 1.165) is 24.0 Å². The molecule has 0 heterocycles. The van der Waals surface area contributed by atoms with E-state index in [1.54, 1.807) is 24.3 Å². The molecule has 0 spiro atoms. The normalized spacial score (nSPS) is 12.3. The number of hydrogen-bond donors (Lipinski definition) is 2. The van der Waals surface area contributed by atoms with Gasteiger partial charge in [0, 0.05) is 5.92 Å². The van der Waals surface area contributed by atoms with Gasteiger partial charge in [0.05, 0.1) is 0 Å². The fourth-order valence-corrected chi connectivity index (χ4v) is 3.29. The Labute approximate surface area is 155 Å². The maximum absolute atomic E-state index is 9.59. The molecule has 0 aliphatic carbocycles. The van der Waals surface area contributed by atoms with Crippen molar-refractivity contribution in [3.8, 4) is 22.6 Å². The third kappa shape index (κ3) is 4.45. The van der Waals surface area contributed by atoms with Crippen LogP contribution in [0.4, 0.5) is 0 Å². The highest BCUT2D eigenvalue weighted by Crippen LogP contribution is 2.33. The molecule has 0 fully saturated rings. The van der Waals surface area contributed by atoms with E-state index in [2.05, 4.69) is 38.1 Å². The minimum absolute atomic E-state index is 0.284. The molecule has 3 aromatic rings. The van der Waals surface area contributed by atoms with Crippen molar-refractivity contribution in [3.05, 3.63) is 83.9 Å². The first-order chi connectivity index (χ1) is 12.5. The molecule has 3 rings (SSSR count). The van der Waals surface area contributed by atoms with Crippen LogP contribution < -0.4 is 0 Å². The van der Waals surface area contributed by atoms with Gasteiger partial charge in [0.2, 0.25) is 0 Å². The zero-order chi connectivity index (χ0) is 18.5. The fourth-order valence-electron chi connectivity index (χ4n) is 3.29. The molecule has 2 nitrogen and oxygen atoms in total. The molecule has 0 aliphatic heterocycles. The van der Waals surface area contributed by atoms with E-state index >= 15 is 0 Å². The molecule has 2 heteroatoms. The van der Waals surface area contributed by atoms with Crippen molar-refractivity contribution in [2.45, 2.75) is 32.6 Å². The van der Waals surface area contributed by atoms with Crippen LogP contribution in [0.15, 0.2) is 72.8 Å².